The Labute approximate surface area is 133 Å². The fraction of sp³-hybridized carbons (Fsp3) is 0.312. The first-order valence-corrected chi connectivity index (χ1v) is 8.05. The first kappa shape index (κ1) is 16.2. The fourth-order valence-corrected chi connectivity index (χ4v) is 2.77. The average Bonchev–Trinajstić information content (AvgIpc) is 2.96. The van der Waals surface area contributed by atoms with Crippen molar-refractivity contribution in [3.8, 4) is 10.6 Å². The summed E-state index contributed by atoms with van der Waals surface area (Å²) in [6.45, 7) is 3.93. The van der Waals surface area contributed by atoms with Gasteiger partial charge >= 0.3 is 0 Å². The van der Waals surface area contributed by atoms with Crippen LogP contribution in [-0.2, 0) is 16.0 Å². The van der Waals surface area contributed by atoms with Crippen molar-refractivity contribution in [2.24, 2.45) is 0 Å². The molecule has 0 aliphatic carbocycles. The van der Waals surface area contributed by atoms with Crippen molar-refractivity contribution in [3.63, 3.8) is 0 Å². The van der Waals surface area contributed by atoms with Gasteiger partial charge in [0, 0.05) is 42.9 Å². The van der Waals surface area contributed by atoms with E-state index >= 15 is 0 Å². The highest BCUT2D eigenvalue weighted by Crippen LogP contribution is 2.25. The van der Waals surface area contributed by atoms with Gasteiger partial charge in [-0.2, -0.15) is 0 Å². The molecule has 0 unspecified atom stereocenters. The van der Waals surface area contributed by atoms with Crippen molar-refractivity contribution in [1.82, 2.24) is 10.3 Å². The number of aromatic nitrogens is 1. The molecule has 1 aromatic carbocycles. The molecular weight excluding hydrogens is 298 g/mol. The van der Waals surface area contributed by atoms with Gasteiger partial charge in [-0.1, -0.05) is 6.92 Å². The Morgan fingerprint density at radius 1 is 1.23 bits per heavy atom. The highest BCUT2D eigenvalue weighted by Gasteiger charge is 2.06. The number of benzene rings is 1. The number of thiazole rings is 1. The van der Waals surface area contributed by atoms with E-state index < -0.39 is 0 Å². The zero-order chi connectivity index (χ0) is 15.9. The zero-order valence-corrected chi connectivity index (χ0v) is 13.5. The number of hydrogen-bond donors (Lipinski definition) is 2. The van der Waals surface area contributed by atoms with Gasteiger partial charge in [0.25, 0.3) is 0 Å². The smallest absolute Gasteiger partial charge is 0.221 e. The molecule has 5 nitrogen and oxygen atoms in total. The van der Waals surface area contributed by atoms with Gasteiger partial charge in [-0.15, -0.1) is 11.3 Å². The van der Waals surface area contributed by atoms with E-state index in [2.05, 4.69) is 15.6 Å². The molecule has 0 aliphatic heterocycles. The number of nitrogens with zero attached hydrogens (tertiary/aromatic N) is 1. The minimum absolute atomic E-state index is 0.0593. The summed E-state index contributed by atoms with van der Waals surface area (Å²) in [5.74, 6) is -0.0255. The lowest BCUT2D eigenvalue weighted by Crippen LogP contribution is -2.24. The molecule has 116 valence electrons. The van der Waals surface area contributed by atoms with E-state index in [9.17, 15) is 9.59 Å². The second-order valence-corrected chi connectivity index (χ2v) is 5.71. The van der Waals surface area contributed by atoms with Crippen LogP contribution in [0.25, 0.3) is 10.6 Å². The number of amides is 2. The molecule has 0 aliphatic rings. The summed E-state index contributed by atoms with van der Waals surface area (Å²) in [6, 6.07) is 7.60. The predicted molar refractivity (Wildman–Crippen MR) is 88.9 cm³/mol. The van der Waals surface area contributed by atoms with Crippen molar-refractivity contribution in [1.29, 1.82) is 0 Å². The van der Waals surface area contributed by atoms with E-state index in [1.807, 2.05) is 36.6 Å². The third-order valence-electron chi connectivity index (χ3n) is 3.03. The highest BCUT2D eigenvalue weighted by atomic mass is 32.1. The van der Waals surface area contributed by atoms with Crippen LogP contribution in [0.2, 0.25) is 0 Å². The SMILES string of the molecule is CCC(=O)NCCc1csc(-c2ccc(NC(C)=O)cc2)n1. The Morgan fingerprint density at radius 3 is 2.59 bits per heavy atom. The number of anilines is 1. The molecule has 2 amide bonds. The molecule has 6 heteroatoms. The molecule has 0 saturated heterocycles. The van der Waals surface area contributed by atoms with Gasteiger partial charge in [0.1, 0.15) is 5.01 Å². The van der Waals surface area contributed by atoms with Gasteiger partial charge in [-0.3, -0.25) is 9.59 Å². The van der Waals surface area contributed by atoms with Crippen LogP contribution in [-0.4, -0.2) is 23.3 Å². The second-order valence-electron chi connectivity index (χ2n) is 4.86. The Kier molecular flexibility index (Phi) is 5.66. The molecule has 0 fully saturated rings. The zero-order valence-electron chi connectivity index (χ0n) is 12.7. The van der Waals surface area contributed by atoms with Gasteiger partial charge in [0.15, 0.2) is 0 Å². The van der Waals surface area contributed by atoms with Crippen LogP contribution in [0.15, 0.2) is 29.6 Å². The molecule has 0 spiro atoms. The molecule has 2 rings (SSSR count). The Morgan fingerprint density at radius 2 is 1.95 bits per heavy atom. The Balaban J connectivity index is 1.95. The largest absolute Gasteiger partial charge is 0.356 e. The minimum atomic E-state index is -0.0848. The monoisotopic (exact) mass is 317 g/mol. The third-order valence-corrected chi connectivity index (χ3v) is 3.97. The number of carbonyl (C=O) groups is 2. The molecule has 2 aromatic rings. The van der Waals surface area contributed by atoms with Crippen LogP contribution >= 0.6 is 11.3 Å². The topological polar surface area (TPSA) is 71.1 Å². The van der Waals surface area contributed by atoms with Crippen LogP contribution in [0.4, 0.5) is 5.69 Å². The van der Waals surface area contributed by atoms with Crippen LogP contribution < -0.4 is 10.6 Å². The number of hydrogen-bond acceptors (Lipinski definition) is 4. The molecule has 1 heterocycles. The molecule has 0 radical (unpaired) electrons. The van der Waals surface area contributed by atoms with Crippen molar-refractivity contribution >= 4 is 28.8 Å². The fourth-order valence-electron chi connectivity index (χ4n) is 1.91. The van der Waals surface area contributed by atoms with E-state index in [0.717, 1.165) is 28.4 Å². The van der Waals surface area contributed by atoms with Gasteiger partial charge in [0.05, 0.1) is 5.69 Å². The Bertz CT molecular complexity index is 650. The van der Waals surface area contributed by atoms with Crippen LogP contribution in [0, 0.1) is 0 Å². The Hall–Kier alpha value is -2.21. The first-order valence-electron chi connectivity index (χ1n) is 7.17. The van der Waals surface area contributed by atoms with Crippen LogP contribution in [0.1, 0.15) is 26.0 Å². The van der Waals surface area contributed by atoms with E-state index in [4.69, 9.17) is 0 Å². The summed E-state index contributed by atoms with van der Waals surface area (Å²) in [5, 5.41) is 8.52. The lowest BCUT2D eigenvalue weighted by molar-refractivity contribution is -0.120. The summed E-state index contributed by atoms with van der Waals surface area (Å²) in [4.78, 5) is 26.7. The molecular formula is C16H19N3O2S. The maximum Gasteiger partial charge on any atom is 0.221 e. The maximum atomic E-state index is 11.2. The van der Waals surface area contributed by atoms with Crippen LogP contribution in [0.3, 0.4) is 0 Å². The quantitative estimate of drug-likeness (QED) is 0.860. The van der Waals surface area contributed by atoms with Gasteiger partial charge < -0.3 is 10.6 Å². The summed E-state index contributed by atoms with van der Waals surface area (Å²) in [7, 11) is 0. The highest BCUT2D eigenvalue weighted by molar-refractivity contribution is 7.13. The standard InChI is InChI=1S/C16H19N3O2S/c1-3-15(21)17-9-8-14-10-22-16(19-14)12-4-6-13(7-5-12)18-11(2)20/h4-7,10H,3,8-9H2,1-2H3,(H,17,21)(H,18,20). The summed E-state index contributed by atoms with van der Waals surface area (Å²) < 4.78 is 0. The lowest BCUT2D eigenvalue weighted by Gasteiger charge is -2.02. The minimum Gasteiger partial charge on any atom is -0.356 e. The van der Waals surface area contributed by atoms with Gasteiger partial charge in [-0.05, 0) is 24.3 Å². The third kappa shape index (κ3) is 4.66. The van der Waals surface area contributed by atoms with Gasteiger partial charge in [0.2, 0.25) is 11.8 Å². The lowest BCUT2D eigenvalue weighted by atomic mass is 10.2. The summed E-state index contributed by atoms with van der Waals surface area (Å²) in [6.07, 6.45) is 1.23. The molecule has 1 aromatic heterocycles. The number of rotatable bonds is 6. The normalized spacial score (nSPS) is 10.3. The van der Waals surface area contributed by atoms with Crippen molar-refractivity contribution in [2.75, 3.05) is 11.9 Å². The summed E-state index contributed by atoms with van der Waals surface area (Å²) in [5.41, 5.74) is 2.76. The molecule has 0 bridgehead atoms. The maximum absolute atomic E-state index is 11.2. The molecule has 0 atom stereocenters. The first-order chi connectivity index (χ1) is 10.6. The molecule has 2 N–H and O–H groups in total. The van der Waals surface area contributed by atoms with Crippen LogP contribution in [0.5, 0.6) is 0 Å². The molecule has 22 heavy (non-hydrogen) atoms. The summed E-state index contributed by atoms with van der Waals surface area (Å²) >= 11 is 1.58. The van der Waals surface area contributed by atoms with E-state index in [1.54, 1.807) is 11.3 Å². The number of carbonyl (C=O) groups excluding carboxylic acids is 2. The molecule has 0 saturated carbocycles. The van der Waals surface area contributed by atoms with Gasteiger partial charge in [-0.25, -0.2) is 4.98 Å². The second kappa shape index (κ2) is 7.70. The van der Waals surface area contributed by atoms with Crippen molar-refractivity contribution in [3.05, 3.63) is 35.3 Å². The van der Waals surface area contributed by atoms with E-state index in [1.165, 1.54) is 6.92 Å². The van der Waals surface area contributed by atoms with E-state index in [-0.39, 0.29) is 11.8 Å². The van der Waals surface area contributed by atoms with E-state index in [0.29, 0.717) is 13.0 Å². The van der Waals surface area contributed by atoms with Crippen molar-refractivity contribution in [2.45, 2.75) is 26.7 Å². The van der Waals surface area contributed by atoms with Crippen molar-refractivity contribution < 1.29 is 9.59 Å². The number of nitrogens with one attached hydrogen (secondary N) is 2. The average molecular weight is 317 g/mol. The predicted octanol–water partition coefficient (Wildman–Crippen LogP) is 2.84.